The van der Waals surface area contributed by atoms with Gasteiger partial charge in [-0.25, -0.2) is 0 Å². The normalized spacial score (nSPS) is 15.5. The molecule has 0 saturated carbocycles. The molecule has 3 aromatic heterocycles. The van der Waals surface area contributed by atoms with Crippen LogP contribution < -0.4 is 4.90 Å². The molecule has 4 heteroatoms. The number of nitrogens with zero attached hydrogens (tertiary/aromatic N) is 2. The quantitative estimate of drug-likeness (QED) is 0.177. The molecule has 316 valence electrons. The summed E-state index contributed by atoms with van der Waals surface area (Å²) in [7, 11) is 0. The summed E-state index contributed by atoms with van der Waals surface area (Å²) in [5.41, 5.74) is 24.1. The molecule has 0 N–H and O–H groups in total. The fraction of sp³-hybridized carbons (Fsp3) is 0.145. The third-order valence-electron chi connectivity index (χ3n) is 15.7. The molecule has 0 spiro atoms. The first kappa shape index (κ1) is 37.7. The molecule has 3 aliphatic carbocycles. The zero-order valence-corrected chi connectivity index (χ0v) is 37.9. The lowest BCUT2D eigenvalue weighted by Crippen LogP contribution is -2.18. The summed E-state index contributed by atoms with van der Waals surface area (Å²) in [5.74, 6) is 0. The molecule has 0 unspecified atom stereocenters. The SMILES string of the molecule is CC1(C)c2cc(N(c3ccccc3)c3ccc4c(c3)C(C)(C)c3cc(-c5ccccn5)c5oc6ccccc6c5c3-4)ccc2-c2cc3c(cc21)-c1c(ccc2oc4ccccc4c12)C3(C)C. The molecule has 0 fully saturated rings. The lowest BCUT2D eigenvalue weighted by molar-refractivity contribution is 0.651. The molecular formula is C62H46N2O2. The van der Waals surface area contributed by atoms with Gasteiger partial charge in [0.25, 0.3) is 0 Å². The molecule has 0 atom stereocenters. The Morgan fingerprint density at radius 1 is 0.379 bits per heavy atom. The predicted molar refractivity (Wildman–Crippen MR) is 272 cm³/mol. The second-order valence-electron chi connectivity index (χ2n) is 20.3. The van der Waals surface area contributed by atoms with Crippen molar-refractivity contribution in [3.63, 3.8) is 0 Å². The van der Waals surface area contributed by atoms with E-state index in [4.69, 9.17) is 13.8 Å². The summed E-state index contributed by atoms with van der Waals surface area (Å²) < 4.78 is 13.2. The third kappa shape index (κ3) is 4.81. The Hall–Kier alpha value is -7.69. The molecule has 4 nitrogen and oxygen atoms in total. The van der Waals surface area contributed by atoms with Crippen molar-refractivity contribution < 1.29 is 8.83 Å². The standard InChI is InChI=1S/C62H46N2O2/c1-60(2)45-27-28-54-57(40-18-10-12-21-52(40)65-54)56(45)43-33-48-42(32-49(43)60)38-25-23-36(30-46(38)61(48,3)4)64(35-16-8-7-9-17-35)37-24-26-39-47(31-37)62(5,6)50-34-44(51-20-14-15-29-63-51)59-58(55(39)50)41-19-11-13-22-53(41)66-59/h7-34H,1-6H3. The minimum atomic E-state index is -0.304. The van der Waals surface area contributed by atoms with Gasteiger partial charge < -0.3 is 13.7 Å². The van der Waals surface area contributed by atoms with Crippen LogP contribution in [0.25, 0.3) is 88.5 Å². The molecule has 3 heterocycles. The van der Waals surface area contributed by atoms with Crippen LogP contribution >= 0.6 is 0 Å². The van der Waals surface area contributed by atoms with Crippen LogP contribution in [0.5, 0.6) is 0 Å². The van der Waals surface area contributed by atoms with E-state index in [1.54, 1.807) is 0 Å². The minimum Gasteiger partial charge on any atom is -0.456 e. The van der Waals surface area contributed by atoms with Crippen molar-refractivity contribution >= 4 is 60.9 Å². The first-order valence-corrected chi connectivity index (χ1v) is 23.2. The van der Waals surface area contributed by atoms with Gasteiger partial charge in [0.15, 0.2) is 0 Å². The van der Waals surface area contributed by atoms with Crippen molar-refractivity contribution in [2.45, 2.75) is 57.8 Å². The van der Waals surface area contributed by atoms with Crippen LogP contribution in [0.1, 0.15) is 74.9 Å². The van der Waals surface area contributed by atoms with Gasteiger partial charge in [-0.2, -0.15) is 0 Å². The van der Waals surface area contributed by atoms with Gasteiger partial charge in [-0.1, -0.05) is 120 Å². The first-order chi connectivity index (χ1) is 32.0. The highest BCUT2D eigenvalue weighted by Crippen LogP contribution is 2.60. The molecule has 8 aromatic carbocycles. The second-order valence-corrected chi connectivity index (χ2v) is 20.3. The van der Waals surface area contributed by atoms with Gasteiger partial charge in [-0.3, -0.25) is 4.98 Å². The maximum Gasteiger partial charge on any atom is 0.145 e. The summed E-state index contributed by atoms with van der Waals surface area (Å²) in [6.07, 6.45) is 1.87. The van der Waals surface area contributed by atoms with Gasteiger partial charge in [0, 0.05) is 66.6 Å². The third-order valence-corrected chi connectivity index (χ3v) is 15.7. The number of hydrogen-bond donors (Lipinski definition) is 0. The van der Waals surface area contributed by atoms with Gasteiger partial charge in [-0.05, 0) is 152 Å². The number of para-hydroxylation sites is 3. The zero-order valence-electron chi connectivity index (χ0n) is 37.9. The Bertz CT molecular complexity index is 3900. The van der Waals surface area contributed by atoms with E-state index in [1.807, 2.05) is 12.3 Å². The van der Waals surface area contributed by atoms with Crippen LogP contribution in [0.15, 0.2) is 179 Å². The summed E-state index contributed by atoms with van der Waals surface area (Å²) in [5, 5.41) is 4.69. The molecule has 14 rings (SSSR count). The maximum atomic E-state index is 6.73. The van der Waals surface area contributed by atoms with Crippen molar-refractivity contribution in [3.8, 4) is 44.6 Å². The zero-order chi connectivity index (χ0) is 44.4. The van der Waals surface area contributed by atoms with Crippen LogP contribution in [0.4, 0.5) is 17.1 Å². The van der Waals surface area contributed by atoms with E-state index in [9.17, 15) is 0 Å². The van der Waals surface area contributed by atoms with Gasteiger partial charge in [0.2, 0.25) is 0 Å². The number of fused-ring (bicyclic) bond motifs is 17. The highest BCUT2D eigenvalue weighted by atomic mass is 16.3. The van der Waals surface area contributed by atoms with Crippen LogP contribution in [0.3, 0.4) is 0 Å². The summed E-state index contributed by atoms with van der Waals surface area (Å²) in [6.45, 7) is 14.3. The van der Waals surface area contributed by atoms with E-state index in [2.05, 4.69) is 204 Å². The Kier molecular flexibility index (Phi) is 7.28. The van der Waals surface area contributed by atoms with E-state index in [0.29, 0.717) is 0 Å². The number of aromatic nitrogens is 1. The monoisotopic (exact) mass is 850 g/mol. The van der Waals surface area contributed by atoms with E-state index in [-0.39, 0.29) is 16.2 Å². The highest BCUT2D eigenvalue weighted by Gasteiger charge is 2.44. The molecular weight excluding hydrogens is 805 g/mol. The molecule has 11 aromatic rings. The van der Waals surface area contributed by atoms with Crippen molar-refractivity contribution in [2.24, 2.45) is 0 Å². The number of rotatable bonds is 4. The smallest absolute Gasteiger partial charge is 0.145 e. The van der Waals surface area contributed by atoms with E-state index >= 15 is 0 Å². The Morgan fingerprint density at radius 2 is 0.939 bits per heavy atom. The number of hydrogen-bond acceptors (Lipinski definition) is 4. The molecule has 66 heavy (non-hydrogen) atoms. The number of anilines is 3. The summed E-state index contributed by atoms with van der Waals surface area (Å²) >= 11 is 0. The highest BCUT2D eigenvalue weighted by molar-refractivity contribution is 6.19. The number of benzene rings is 8. The fourth-order valence-electron chi connectivity index (χ4n) is 12.4. The lowest BCUT2D eigenvalue weighted by Gasteiger charge is -2.29. The molecule has 0 radical (unpaired) electrons. The summed E-state index contributed by atoms with van der Waals surface area (Å²) in [4.78, 5) is 7.27. The van der Waals surface area contributed by atoms with E-state index in [1.165, 1.54) is 77.5 Å². The van der Waals surface area contributed by atoms with Gasteiger partial charge >= 0.3 is 0 Å². The van der Waals surface area contributed by atoms with Crippen molar-refractivity contribution in [3.05, 3.63) is 203 Å². The van der Waals surface area contributed by atoms with Crippen molar-refractivity contribution in [1.82, 2.24) is 4.98 Å². The largest absolute Gasteiger partial charge is 0.456 e. The van der Waals surface area contributed by atoms with Crippen molar-refractivity contribution in [1.29, 1.82) is 0 Å². The number of pyridine rings is 1. The summed E-state index contributed by atoms with van der Waals surface area (Å²) in [6, 6.07) is 60.0. The molecule has 0 saturated heterocycles. The molecule has 0 amide bonds. The first-order valence-electron chi connectivity index (χ1n) is 23.2. The number of furan rings is 2. The van der Waals surface area contributed by atoms with Crippen LogP contribution in [0, 0.1) is 0 Å². The van der Waals surface area contributed by atoms with Gasteiger partial charge in [-0.15, -0.1) is 0 Å². The lowest BCUT2D eigenvalue weighted by atomic mass is 9.79. The van der Waals surface area contributed by atoms with Crippen LogP contribution in [0.2, 0.25) is 0 Å². The minimum absolute atomic E-state index is 0.166. The molecule has 0 aliphatic heterocycles. The average molecular weight is 851 g/mol. The van der Waals surface area contributed by atoms with Gasteiger partial charge in [0.1, 0.15) is 22.3 Å². The predicted octanol–water partition coefficient (Wildman–Crippen LogP) is 16.9. The van der Waals surface area contributed by atoms with Crippen molar-refractivity contribution in [2.75, 3.05) is 4.90 Å². The Morgan fingerprint density at radius 3 is 1.68 bits per heavy atom. The van der Waals surface area contributed by atoms with E-state index in [0.717, 1.165) is 61.4 Å². The average Bonchev–Trinajstić information content (AvgIpc) is 4.08. The van der Waals surface area contributed by atoms with Crippen LogP contribution in [-0.4, -0.2) is 4.98 Å². The molecule has 0 bridgehead atoms. The van der Waals surface area contributed by atoms with Gasteiger partial charge in [0.05, 0.1) is 5.69 Å². The fourth-order valence-corrected chi connectivity index (χ4v) is 12.4. The van der Waals surface area contributed by atoms with Crippen LogP contribution in [-0.2, 0) is 16.2 Å². The Labute approximate surface area is 383 Å². The second kappa shape index (κ2) is 12.8. The van der Waals surface area contributed by atoms with E-state index < -0.39 is 0 Å². The molecule has 3 aliphatic rings. The topological polar surface area (TPSA) is 42.4 Å². The maximum absolute atomic E-state index is 6.73. The Balaban J connectivity index is 0.927.